The van der Waals surface area contributed by atoms with Gasteiger partial charge in [-0.2, -0.15) is 0 Å². The first-order valence-electron chi connectivity index (χ1n) is 8.82. The van der Waals surface area contributed by atoms with Gasteiger partial charge in [0.1, 0.15) is 0 Å². The van der Waals surface area contributed by atoms with E-state index in [4.69, 9.17) is 5.11 Å². The minimum absolute atomic E-state index is 0.0666. The second-order valence-electron chi connectivity index (χ2n) is 5.57. The Hall–Kier alpha value is -0.570. The monoisotopic (exact) mass is 302 g/mol. The van der Waals surface area contributed by atoms with Crippen LogP contribution in [0.1, 0.15) is 96.8 Å². The summed E-state index contributed by atoms with van der Waals surface area (Å²) >= 11 is 0. The Morgan fingerprint density at radius 1 is 0.714 bits per heavy atom. The van der Waals surface area contributed by atoms with Gasteiger partial charge in [-0.25, -0.2) is 0 Å². The van der Waals surface area contributed by atoms with Gasteiger partial charge in [0.25, 0.3) is 0 Å². The number of ether oxygens (including phenoxy) is 1. The molecule has 0 saturated heterocycles. The van der Waals surface area contributed by atoms with Crippen LogP contribution in [0.15, 0.2) is 0 Å². The smallest absolute Gasteiger partial charge is 0.305 e. The van der Waals surface area contributed by atoms with E-state index < -0.39 is 0 Å². The van der Waals surface area contributed by atoms with Gasteiger partial charge in [0, 0.05) is 13.5 Å². The number of esters is 1. The molecular formula is C18H38O3. The first kappa shape index (κ1) is 22.7. The zero-order valence-corrected chi connectivity index (χ0v) is 14.7. The molecule has 0 unspecified atom stereocenters. The van der Waals surface area contributed by atoms with Crippen LogP contribution in [0, 0.1) is 0 Å². The summed E-state index contributed by atoms with van der Waals surface area (Å²) in [4.78, 5) is 10.9. The van der Waals surface area contributed by atoms with E-state index in [0.717, 1.165) is 13.5 Å². The maximum atomic E-state index is 10.9. The number of unbranched alkanes of at least 4 members (excludes halogenated alkanes) is 12. The lowest BCUT2D eigenvalue weighted by molar-refractivity contribution is -0.140. The first-order valence-corrected chi connectivity index (χ1v) is 8.82. The summed E-state index contributed by atoms with van der Waals surface area (Å²) in [5.74, 6) is -0.0666. The van der Waals surface area contributed by atoms with Gasteiger partial charge >= 0.3 is 5.97 Å². The Morgan fingerprint density at radius 3 is 1.38 bits per heavy atom. The van der Waals surface area contributed by atoms with E-state index >= 15 is 0 Å². The predicted molar refractivity (Wildman–Crippen MR) is 90.5 cm³/mol. The minimum atomic E-state index is -0.0666. The standard InChI is InChI=1S/C17H34O2.CH4O/c1-3-4-5-6-7-8-9-10-11-12-13-14-15-16-17(18)19-2;1-2/h3-16H2,1-2H3;2H,1H3. The third-order valence-corrected chi connectivity index (χ3v) is 3.71. The number of aliphatic hydroxyl groups is 1. The summed E-state index contributed by atoms with van der Waals surface area (Å²) in [7, 11) is 2.46. The minimum Gasteiger partial charge on any atom is -0.469 e. The quantitative estimate of drug-likeness (QED) is 0.352. The van der Waals surface area contributed by atoms with Crippen LogP contribution in [0.25, 0.3) is 0 Å². The number of hydrogen-bond acceptors (Lipinski definition) is 3. The second kappa shape index (κ2) is 21.7. The fraction of sp³-hybridized carbons (Fsp3) is 0.944. The molecule has 0 aliphatic heterocycles. The molecule has 0 heterocycles. The van der Waals surface area contributed by atoms with Crippen LogP contribution in [0.4, 0.5) is 0 Å². The number of rotatable bonds is 14. The average molecular weight is 302 g/mol. The third-order valence-electron chi connectivity index (χ3n) is 3.71. The molecule has 128 valence electrons. The van der Waals surface area contributed by atoms with Gasteiger partial charge in [-0.1, -0.05) is 84.0 Å². The highest BCUT2D eigenvalue weighted by Crippen LogP contribution is 2.12. The molecule has 3 nitrogen and oxygen atoms in total. The van der Waals surface area contributed by atoms with Crippen LogP contribution in [-0.2, 0) is 9.53 Å². The Balaban J connectivity index is 0. The van der Waals surface area contributed by atoms with E-state index in [2.05, 4.69) is 11.7 Å². The van der Waals surface area contributed by atoms with Crippen molar-refractivity contribution in [2.24, 2.45) is 0 Å². The molecule has 0 bridgehead atoms. The fourth-order valence-electron chi connectivity index (χ4n) is 2.39. The molecule has 0 aliphatic rings. The fourth-order valence-corrected chi connectivity index (χ4v) is 2.39. The number of aliphatic hydroxyl groups excluding tert-OH is 1. The molecule has 0 aliphatic carbocycles. The van der Waals surface area contributed by atoms with Crippen LogP contribution < -0.4 is 0 Å². The van der Waals surface area contributed by atoms with Gasteiger partial charge in [0.15, 0.2) is 0 Å². The van der Waals surface area contributed by atoms with Crippen LogP contribution in [0.3, 0.4) is 0 Å². The van der Waals surface area contributed by atoms with Gasteiger partial charge in [-0.3, -0.25) is 4.79 Å². The Morgan fingerprint density at radius 2 is 1.05 bits per heavy atom. The number of hydrogen-bond donors (Lipinski definition) is 1. The lowest BCUT2D eigenvalue weighted by Gasteiger charge is -2.03. The van der Waals surface area contributed by atoms with Crippen molar-refractivity contribution in [1.29, 1.82) is 0 Å². The summed E-state index contributed by atoms with van der Waals surface area (Å²) in [6.07, 6.45) is 18.0. The van der Waals surface area contributed by atoms with E-state index in [1.54, 1.807) is 0 Å². The van der Waals surface area contributed by atoms with E-state index in [9.17, 15) is 4.79 Å². The van der Waals surface area contributed by atoms with Gasteiger partial charge in [0.05, 0.1) is 7.11 Å². The van der Waals surface area contributed by atoms with Crippen LogP contribution in [0.5, 0.6) is 0 Å². The molecule has 0 spiro atoms. The van der Waals surface area contributed by atoms with Crippen molar-refractivity contribution in [2.75, 3.05) is 14.2 Å². The largest absolute Gasteiger partial charge is 0.469 e. The van der Waals surface area contributed by atoms with Crippen molar-refractivity contribution >= 4 is 5.97 Å². The van der Waals surface area contributed by atoms with E-state index in [0.29, 0.717) is 6.42 Å². The number of carbonyl (C=O) groups is 1. The molecule has 0 atom stereocenters. The van der Waals surface area contributed by atoms with E-state index in [1.807, 2.05) is 0 Å². The van der Waals surface area contributed by atoms with Crippen LogP contribution in [-0.4, -0.2) is 25.3 Å². The molecule has 1 N–H and O–H groups in total. The van der Waals surface area contributed by atoms with Crippen molar-refractivity contribution in [2.45, 2.75) is 96.8 Å². The first-order chi connectivity index (χ1) is 10.3. The number of methoxy groups -OCH3 is 1. The molecule has 0 amide bonds. The summed E-state index contributed by atoms with van der Waals surface area (Å²) in [5.41, 5.74) is 0. The topological polar surface area (TPSA) is 46.5 Å². The van der Waals surface area contributed by atoms with Gasteiger partial charge in [-0.05, 0) is 6.42 Å². The second-order valence-corrected chi connectivity index (χ2v) is 5.57. The normalized spacial score (nSPS) is 9.90. The molecule has 0 rings (SSSR count). The van der Waals surface area contributed by atoms with Crippen molar-refractivity contribution in [1.82, 2.24) is 0 Å². The molecular weight excluding hydrogens is 264 g/mol. The highest BCUT2D eigenvalue weighted by atomic mass is 16.5. The third kappa shape index (κ3) is 21.9. The zero-order valence-electron chi connectivity index (χ0n) is 14.7. The summed E-state index contributed by atoms with van der Waals surface area (Å²) in [5, 5.41) is 7.00. The van der Waals surface area contributed by atoms with Crippen molar-refractivity contribution in [3.63, 3.8) is 0 Å². The molecule has 0 aromatic carbocycles. The zero-order chi connectivity index (χ0) is 16.2. The number of carbonyl (C=O) groups excluding carboxylic acids is 1. The predicted octanol–water partition coefficient (Wildman–Crippen LogP) is 5.25. The molecule has 21 heavy (non-hydrogen) atoms. The van der Waals surface area contributed by atoms with Gasteiger partial charge in [-0.15, -0.1) is 0 Å². The van der Waals surface area contributed by atoms with Crippen molar-refractivity contribution in [3.8, 4) is 0 Å². The molecule has 0 fully saturated rings. The Bertz CT molecular complexity index is 193. The molecule has 0 aromatic rings. The SMILES string of the molecule is CCCCCCCCCCCCCCCC(=O)OC.CO. The Kier molecular flexibility index (Phi) is 23.5. The molecule has 3 heteroatoms. The van der Waals surface area contributed by atoms with E-state index in [-0.39, 0.29) is 5.97 Å². The lowest BCUT2D eigenvalue weighted by atomic mass is 10.0. The van der Waals surface area contributed by atoms with Gasteiger partial charge in [0.2, 0.25) is 0 Å². The molecule has 0 radical (unpaired) electrons. The summed E-state index contributed by atoms with van der Waals surface area (Å²) in [6.45, 7) is 2.27. The maximum Gasteiger partial charge on any atom is 0.305 e. The van der Waals surface area contributed by atoms with Crippen LogP contribution in [0.2, 0.25) is 0 Å². The van der Waals surface area contributed by atoms with Crippen molar-refractivity contribution in [3.05, 3.63) is 0 Å². The summed E-state index contributed by atoms with van der Waals surface area (Å²) in [6, 6.07) is 0. The lowest BCUT2D eigenvalue weighted by Crippen LogP contribution is -1.99. The molecule has 0 saturated carbocycles. The highest BCUT2D eigenvalue weighted by molar-refractivity contribution is 5.68. The van der Waals surface area contributed by atoms with E-state index in [1.165, 1.54) is 84.2 Å². The van der Waals surface area contributed by atoms with Crippen molar-refractivity contribution < 1.29 is 14.6 Å². The highest BCUT2D eigenvalue weighted by Gasteiger charge is 1.99. The Labute approximate surface area is 132 Å². The van der Waals surface area contributed by atoms with Crippen LogP contribution >= 0.6 is 0 Å². The maximum absolute atomic E-state index is 10.9. The average Bonchev–Trinajstić information content (AvgIpc) is 2.53. The summed E-state index contributed by atoms with van der Waals surface area (Å²) < 4.78 is 4.62. The molecule has 0 aromatic heterocycles. The van der Waals surface area contributed by atoms with Gasteiger partial charge < -0.3 is 9.84 Å².